The zero-order chi connectivity index (χ0) is 14.6. The largest absolute Gasteiger partial charge is 0.338 e. The lowest BCUT2D eigenvalue weighted by molar-refractivity contribution is -0.139. The molecule has 6 nitrogen and oxygen atoms in total. The van der Waals surface area contributed by atoms with Crippen molar-refractivity contribution in [3.63, 3.8) is 0 Å². The van der Waals surface area contributed by atoms with Crippen LogP contribution >= 0.6 is 0 Å². The Balaban J connectivity index is 2.69. The van der Waals surface area contributed by atoms with Crippen LogP contribution < -0.4 is 10.5 Å². The van der Waals surface area contributed by atoms with Crippen LogP contribution in [0.3, 0.4) is 0 Å². The Morgan fingerprint density at radius 1 is 1.42 bits per heavy atom. The standard InChI is InChI=1S/C12H25N3O3S/c1-9(10(2)13)12(16)15-7-5-4-6-11(15)8-14-19(3,17)18/h9-11,14H,4-8,13H2,1-3H3. The Kier molecular flexibility index (Phi) is 5.76. The van der Waals surface area contributed by atoms with E-state index in [9.17, 15) is 13.2 Å². The van der Waals surface area contributed by atoms with Gasteiger partial charge in [0.2, 0.25) is 15.9 Å². The number of rotatable bonds is 5. The van der Waals surface area contributed by atoms with Gasteiger partial charge < -0.3 is 10.6 Å². The Hall–Kier alpha value is -0.660. The van der Waals surface area contributed by atoms with Crippen LogP contribution in [0, 0.1) is 5.92 Å². The fraction of sp³-hybridized carbons (Fsp3) is 0.917. The van der Waals surface area contributed by atoms with Crippen LogP contribution in [-0.4, -0.2) is 50.7 Å². The molecule has 1 fully saturated rings. The smallest absolute Gasteiger partial charge is 0.227 e. The monoisotopic (exact) mass is 291 g/mol. The van der Waals surface area contributed by atoms with Crippen LogP contribution in [-0.2, 0) is 14.8 Å². The van der Waals surface area contributed by atoms with Crippen molar-refractivity contribution in [3.8, 4) is 0 Å². The topological polar surface area (TPSA) is 92.5 Å². The quantitative estimate of drug-likeness (QED) is 0.740. The van der Waals surface area contributed by atoms with Crippen LogP contribution in [0.5, 0.6) is 0 Å². The number of sulfonamides is 1. The lowest BCUT2D eigenvalue weighted by Crippen LogP contribution is -2.52. The average molecular weight is 291 g/mol. The lowest BCUT2D eigenvalue weighted by Gasteiger charge is -2.38. The molecule has 19 heavy (non-hydrogen) atoms. The molecule has 1 aliphatic rings. The van der Waals surface area contributed by atoms with Crippen molar-refractivity contribution in [1.29, 1.82) is 0 Å². The molecular weight excluding hydrogens is 266 g/mol. The average Bonchev–Trinajstić information content (AvgIpc) is 2.34. The highest BCUT2D eigenvalue weighted by atomic mass is 32.2. The summed E-state index contributed by atoms with van der Waals surface area (Å²) in [6, 6.07) is -0.255. The predicted octanol–water partition coefficient (Wildman–Crippen LogP) is -0.1000. The van der Waals surface area contributed by atoms with Crippen LogP contribution in [0.15, 0.2) is 0 Å². The van der Waals surface area contributed by atoms with Gasteiger partial charge in [0.25, 0.3) is 0 Å². The van der Waals surface area contributed by atoms with Crippen molar-refractivity contribution < 1.29 is 13.2 Å². The summed E-state index contributed by atoms with van der Waals surface area (Å²) in [6.45, 7) is 4.61. The fourth-order valence-corrected chi connectivity index (χ4v) is 2.73. The minimum atomic E-state index is -3.22. The molecule has 1 heterocycles. The normalized spacial score (nSPS) is 24.0. The fourth-order valence-electron chi connectivity index (χ4n) is 2.24. The molecule has 1 saturated heterocycles. The van der Waals surface area contributed by atoms with E-state index >= 15 is 0 Å². The van der Waals surface area contributed by atoms with Crippen molar-refractivity contribution >= 4 is 15.9 Å². The molecule has 0 spiro atoms. The predicted molar refractivity (Wildman–Crippen MR) is 75.0 cm³/mol. The summed E-state index contributed by atoms with van der Waals surface area (Å²) >= 11 is 0. The molecule has 0 aromatic carbocycles. The summed E-state index contributed by atoms with van der Waals surface area (Å²) < 4.78 is 24.8. The van der Waals surface area contributed by atoms with Crippen molar-refractivity contribution in [2.75, 3.05) is 19.3 Å². The second-order valence-electron chi connectivity index (χ2n) is 5.45. The van der Waals surface area contributed by atoms with Crippen molar-refractivity contribution in [1.82, 2.24) is 9.62 Å². The number of piperidine rings is 1. The van der Waals surface area contributed by atoms with Crippen LogP contribution in [0.25, 0.3) is 0 Å². The maximum absolute atomic E-state index is 12.3. The summed E-state index contributed by atoms with van der Waals surface area (Å²) in [5, 5.41) is 0. The summed E-state index contributed by atoms with van der Waals surface area (Å²) in [6.07, 6.45) is 3.95. The SMILES string of the molecule is CC(N)C(C)C(=O)N1CCCCC1CNS(C)(=O)=O. The van der Waals surface area contributed by atoms with Crippen molar-refractivity contribution in [3.05, 3.63) is 0 Å². The molecular formula is C12H25N3O3S. The van der Waals surface area contributed by atoms with Gasteiger partial charge in [-0.25, -0.2) is 13.1 Å². The third-order valence-corrected chi connectivity index (χ3v) is 4.36. The lowest BCUT2D eigenvalue weighted by atomic mass is 9.97. The van der Waals surface area contributed by atoms with Gasteiger partial charge in [-0.1, -0.05) is 6.92 Å². The highest BCUT2D eigenvalue weighted by Gasteiger charge is 2.31. The molecule has 0 radical (unpaired) electrons. The van der Waals surface area contributed by atoms with E-state index in [1.54, 1.807) is 4.90 Å². The van der Waals surface area contributed by atoms with E-state index in [-0.39, 0.29) is 30.5 Å². The number of nitrogens with one attached hydrogen (secondary N) is 1. The van der Waals surface area contributed by atoms with Gasteiger partial charge in [0.05, 0.1) is 12.2 Å². The first-order valence-electron chi connectivity index (χ1n) is 6.73. The molecule has 0 bridgehead atoms. The first-order valence-corrected chi connectivity index (χ1v) is 8.62. The van der Waals surface area contributed by atoms with Crippen molar-refractivity contribution in [2.45, 2.75) is 45.2 Å². The third-order valence-electron chi connectivity index (χ3n) is 3.67. The van der Waals surface area contributed by atoms with E-state index in [0.717, 1.165) is 25.5 Å². The number of carbonyl (C=O) groups is 1. The minimum Gasteiger partial charge on any atom is -0.338 e. The first kappa shape index (κ1) is 16.4. The van der Waals surface area contributed by atoms with Crippen LogP contribution in [0.1, 0.15) is 33.1 Å². The molecule has 3 atom stereocenters. The molecule has 0 aromatic rings. The number of nitrogens with two attached hydrogens (primary N) is 1. The summed E-state index contributed by atoms with van der Waals surface area (Å²) in [7, 11) is -3.22. The summed E-state index contributed by atoms with van der Waals surface area (Å²) in [5.41, 5.74) is 5.77. The van der Waals surface area contributed by atoms with E-state index in [1.165, 1.54) is 0 Å². The number of hydrogen-bond acceptors (Lipinski definition) is 4. The van der Waals surface area contributed by atoms with E-state index in [1.807, 2.05) is 13.8 Å². The Bertz CT molecular complexity index is 408. The van der Waals surface area contributed by atoms with E-state index in [0.29, 0.717) is 6.54 Å². The molecule has 7 heteroatoms. The zero-order valence-corrected chi connectivity index (χ0v) is 12.7. The third kappa shape index (κ3) is 5.08. The molecule has 1 aliphatic heterocycles. The number of carbonyl (C=O) groups excluding carboxylic acids is 1. The number of nitrogens with zero attached hydrogens (tertiary/aromatic N) is 1. The number of amides is 1. The maximum atomic E-state index is 12.3. The molecule has 1 amide bonds. The molecule has 0 saturated carbocycles. The zero-order valence-electron chi connectivity index (χ0n) is 11.9. The Morgan fingerprint density at radius 2 is 2.05 bits per heavy atom. The van der Waals surface area contributed by atoms with Crippen LogP contribution in [0.4, 0.5) is 0 Å². The second-order valence-corrected chi connectivity index (χ2v) is 7.28. The second kappa shape index (κ2) is 6.67. The van der Waals surface area contributed by atoms with Gasteiger partial charge in [0.1, 0.15) is 0 Å². The van der Waals surface area contributed by atoms with Gasteiger partial charge in [0, 0.05) is 25.2 Å². The highest BCUT2D eigenvalue weighted by molar-refractivity contribution is 7.88. The highest BCUT2D eigenvalue weighted by Crippen LogP contribution is 2.20. The molecule has 0 aromatic heterocycles. The Morgan fingerprint density at radius 3 is 2.58 bits per heavy atom. The van der Waals surface area contributed by atoms with Gasteiger partial charge in [-0.05, 0) is 26.2 Å². The van der Waals surface area contributed by atoms with Gasteiger partial charge in [-0.3, -0.25) is 4.79 Å². The molecule has 112 valence electrons. The van der Waals surface area contributed by atoms with E-state index in [2.05, 4.69) is 4.72 Å². The van der Waals surface area contributed by atoms with Gasteiger partial charge in [-0.15, -0.1) is 0 Å². The molecule has 3 unspecified atom stereocenters. The minimum absolute atomic E-state index is 0.0231. The number of likely N-dealkylation sites (tertiary alicyclic amines) is 1. The first-order chi connectivity index (χ1) is 8.72. The van der Waals surface area contributed by atoms with Gasteiger partial charge in [0.15, 0.2) is 0 Å². The van der Waals surface area contributed by atoms with Gasteiger partial charge >= 0.3 is 0 Å². The maximum Gasteiger partial charge on any atom is 0.227 e. The van der Waals surface area contributed by atoms with Gasteiger partial charge in [-0.2, -0.15) is 0 Å². The Labute approximate surface area is 115 Å². The summed E-state index contributed by atoms with van der Waals surface area (Å²) in [4.78, 5) is 14.1. The van der Waals surface area contributed by atoms with E-state index < -0.39 is 10.0 Å². The van der Waals surface area contributed by atoms with Crippen LogP contribution in [0.2, 0.25) is 0 Å². The molecule has 0 aliphatic carbocycles. The van der Waals surface area contributed by atoms with Crippen molar-refractivity contribution in [2.24, 2.45) is 11.7 Å². The molecule has 1 rings (SSSR count). The number of hydrogen-bond donors (Lipinski definition) is 2. The van der Waals surface area contributed by atoms with E-state index in [4.69, 9.17) is 5.73 Å². The molecule has 3 N–H and O–H groups in total. The summed E-state index contributed by atoms with van der Waals surface area (Å²) in [5.74, 6) is -0.214.